The molecule has 0 spiro atoms. The van der Waals surface area contributed by atoms with Gasteiger partial charge in [0, 0.05) is 15.6 Å². The van der Waals surface area contributed by atoms with Crippen molar-refractivity contribution in [2.24, 2.45) is 0 Å². The standard InChI is InChI=1S/C14H10Cl2N2OS/c15-8-1-3-10(16)13(5-8)20-7-14-18-11-6-9(17)2-4-12(11)19-14/h1-6H,7,17H2. The number of hydrogen-bond donors (Lipinski definition) is 1. The van der Waals surface area contributed by atoms with Crippen molar-refractivity contribution >= 4 is 51.8 Å². The third kappa shape index (κ3) is 2.87. The number of nitrogens with zero attached hydrogens (tertiary/aromatic N) is 1. The van der Waals surface area contributed by atoms with Gasteiger partial charge in [0.15, 0.2) is 5.58 Å². The summed E-state index contributed by atoms with van der Waals surface area (Å²) in [5, 5.41) is 1.32. The fraction of sp³-hybridized carbons (Fsp3) is 0.0714. The topological polar surface area (TPSA) is 52.0 Å². The summed E-state index contributed by atoms with van der Waals surface area (Å²) in [7, 11) is 0. The fourth-order valence-corrected chi connectivity index (χ4v) is 3.12. The van der Waals surface area contributed by atoms with E-state index in [9.17, 15) is 0 Å². The Hall–Kier alpha value is -1.36. The van der Waals surface area contributed by atoms with Gasteiger partial charge in [-0.1, -0.05) is 23.2 Å². The molecule has 1 aromatic heterocycles. The van der Waals surface area contributed by atoms with Crippen LogP contribution in [-0.4, -0.2) is 4.98 Å². The van der Waals surface area contributed by atoms with Crippen LogP contribution in [0.25, 0.3) is 11.1 Å². The molecule has 0 saturated heterocycles. The molecule has 0 aliphatic heterocycles. The monoisotopic (exact) mass is 324 g/mol. The Morgan fingerprint density at radius 2 is 2.00 bits per heavy atom. The van der Waals surface area contributed by atoms with Crippen molar-refractivity contribution in [2.75, 3.05) is 5.73 Å². The van der Waals surface area contributed by atoms with Crippen LogP contribution in [0.15, 0.2) is 45.7 Å². The third-order valence-corrected chi connectivity index (χ3v) is 4.42. The van der Waals surface area contributed by atoms with Crippen molar-refractivity contribution in [3.8, 4) is 0 Å². The zero-order chi connectivity index (χ0) is 14.1. The van der Waals surface area contributed by atoms with Crippen LogP contribution in [0.1, 0.15) is 5.89 Å². The quantitative estimate of drug-likeness (QED) is 0.543. The minimum Gasteiger partial charge on any atom is -0.440 e. The Kier molecular flexibility index (Phi) is 3.78. The highest BCUT2D eigenvalue weighted by molar-refractivity contribution is 7.98. The molecule has 3 rings (SSSR count). The third-order valence-electron chi connectivity index (χ3n) is 2.70. The molecule has 2 N–H and O–H groups in total. The average Bonchev–Trinajstić information content (AvgIpc) is 2.81. The lowest BCUT2D eigenvalue weighted by atomic mass is 10.3. The molecule has 1 heterocycles. The summed E-state index contributed by atoms with van der Waals surface area (Å²) >= 11 is 13.6. The van der Waals surface area contributed by atoms with Crippen LogP contribution in [0.4, 0.5) is 5.69 Å². The maximum absolute atomic E-state index is 6.11. The number of rotatable bonds is 3. The van der Waals surface area contributed by atoms with E-state index in [-0.39, 0.29) is 0 Å². The molecule has 0 atom stereocenters. The van der Waals surface area contributed by atoms with E-state index in [1.54, 1.807) is 24.3 Å². The fourth-order valence-electron chi connectivity index (χ4n) is 1.78. The van der Waals surface area contributed by atoms with Crippen molar-refractivity contribution in [3.63, 3.8) is 0 Å². The maximum Gasteiger partial charge on any atom is 0.205 e. The summed E-state index contributed by atoms with van der Waals surface area (Å²) < 4.78 is 5.65. The minimum absolute atomic E-state index is 0.578. The minimum atomic E-state index is 0.578. The molecule has 3 nitrogen and oxygen atoms in total. The number of nitrogens with two attached hydrogens (primary N) is 1. The van der Waals surface area contributed by atoms with Crippen LogP contribution in [0.2, 0.25) is 10.0 Å². The zero-order valence-electron chi connectivity index (χ0n) is 10.3. The van der Waals surface area contributed by atoms with Crippen LogP contribution in [0, 0.1) is 0 Å². The van der Waals surface area contributed by atoms with Gasteiger partial charge >= 0.3 is 0 Å². The Morgan fingerprint density at radius 3 is 2.85 bits per heavy atom. The van der Waals surface area contributed by atoms with Crippen LogP contribution in [-0.2, 0) is 5.75 Å². The molecular weight excluding hydrogens is 315 g/mol. The Labute approximate surface area is 130 Å². The predicted molar refractivity (Wildman–Crippen MR) is 84.4 cm³/mol. The number of aromatic nitrogens is 1. The lowest BCUT2D eigenvalue weighted by Gasteiger charge is -2.02. The van der Waals surface area contributed by atoms with Crippen LogP contribution in [0.3, 0.4) is 0 Å². The number of hydrogen-bond acceptors (Lipinski definition) is 4. The zero-order valence-corrected chi connectivity index (χ0v) is 12.6. The second kappa shape index (κ2) is 5.56. The number of thioether (sulfide) groups is 1. The number of oxazole rings is 1. The number of fused-ring (bicyclic) bond motifs is 1. The van der Waals surface area contributed by atoms with Crippen molar-refractivity contribution in [2.45, 2.75) is 10.6 Å². The van der Waals surface area contributed by atoms with Crippen LogP contribution in [0.5, 0.6) is 0 Å². The Balaban J connectivity index is 1.81. The van der Waals surface area contributed by atoms with E-state index in [0.29, 0.717) is 27.4 Å². The summed E-state index contributed by atoms with van der Waals surface area (Å²) in [5.41, 5.74) is 7.88. The van der Waals surface area contributed by atoms with Gasteiger partial charge in [0.05, 0.1) is 10.8 Å². The number of halogens is 2. The van der Waals surface area contributed by atoms with Gasteiger partial charge in [-0.2, -0.15) is 0 Å². The van der Waals surface area contributed by atoms with Crippen molar-refractivity contribution < 1.29 is 4.42 Å². The highest BCUT2D eigenvalue weighted by Gasteiger charge is 2.08. The molecule has 0 unspecified atom stereocenters. The van der Waals surface area contributed by atoms with Gasteiger partial charge in [-0.05, 0) is 36.4 Å². The van der Waals surface area contributed by atoms with E-state index in [0.717, 1.165) is 16.0 Å². The number of nitrogen functional groups attached to an aromatic ring is 1. The first-order valence-electron chi connectivity index (χ1n) is 5.84. The van der Waals surface area contributed by atoms with Gasteiger partial charge < -0.3 is 10.2 Å². The highest BCUT2D eigenvalue weighted by Crippen LogP contribution is 2.32. The maximum atomic E-state index is 6.11. The van der Waals surface area contributed by atoms with E-state index in [4.69, 9.17) is 33.4 Å². The Bertz CT molecular complexity index is 773. The van der Waals surface area contributed by atoms with Gasteiger partial charge in [-0.15, -0.1) is 11.8 Å². The lowest BCUT2D eigenvalue weighted by molar-refractivity contribution is 0.556. The molecule has 0 fully saturated rings. The molecule has 3 aromatic rings. The summed E-state index contributed by atoms with van der Waals surface area (Å²) in [6.45, 7) is 0. The molecule has 2 aromatic carbocycles. The second-order valence-electron chi connectivity index (χ2n) is 4.20. The van der Waals surface area contributed by atoms with E-state index in [1.165, 1.54) is 11.8 Å². The number of anilines is 1. The second-order valence-corrected chi connectivity index (χ2v) is 6.06. The van der Waals surface area contributed by atoms with Gasteiger partial charge in [0.1, 0.15) is 5.52 Å². The molecule has 0 saturated carbocycles. The van der Waals surface area contributed by atoms with Gasteiger partial charge in [0.2, 0.25) is 5.89 Å². The van der Waals surface area contributed by atoms with Crippen molar-refractivity contribution in [1.29, 1.82) is 0 Å². The molecule has 0 aliphatic rings. The Morgan fingerprint density at radius 1 is 1.15 bits per heavy atom. The highest BCUT2D eigenvalue weighted by atomic mass is 35.5. The van der Waals surface area contributed by atoms with Crippen molar-refractivity contribution in [3.05, 3.63) is 52.3 Å². The van der Waals surface area contributed by atoms with Gasteiger partial charge in [-0.25, -0.2) is 4.98 Å². The van der Waals surface area contributed by atoms with E-state index in [1.807, 2.05) is 12.1 Å². The van der Waals surface area contributed by atoms with Crippen molar-refractivity contribution in [1.82, 2.24) is 4.98 Å². The van der Waals surface area contributed by atoms with Gasteiger partial charge in [0.25, 0.3) is 0 Å². The molecular formula is C14H10Cl2N2OS. The lowest BCUT2D eigenvalue weighted by Crippen LogP contribution is -1.83. The van der Waals surface area contributed by atoms with E-state index < -0.39 is 0 Å². The largest absolute Gasteiger partial charge is 0.440 e. The number of benzene rings is 2. The molecule has 0 aliphatic carbocycles. The summed E-state index contributed by atoms with van der Waals surface area (Å²) in [4.78, 5) is 5.30. The van der Waals surface area contributed by atoms with Crippen LogP contribution >= 0.6 is 35.0 Å². The smallest absolute Gasteiger partial charge is 0.205 e. The average molecular weight is 325 g/mol. The summed E-state index contributed by atoms with van der Waals surface area (Å²) in [6, 6.07) is 10.8. The molecule has 0 radical (unpaired) electrons. The van der Waals surface area contributed by atoms with E-state index in [2.05, 4.69) is 4.98 Å². The molecule has 0 amide bonds. The first-order chi connectivity index (χ1) is 9.61. The SMILES string of the molecule is Nc1ccc2oc(CSc3cc(Cl)ccc3Cl)nc2c1. The molecule has 0 bridgehead atoms. The molecule has 20 heavy (non-hydrogen) atoms. The normalized spacial score (nSPS) is 11.1. The van der Waals surface area contributed by atoms with Crippen LogP contribution < -0.4 is 5.73 Å². The first kappa shape index (κ1) is 13.6. The first-order valence-corrected chi connectivity index (χ1v) is 7.59. The summed E-state index contributed by atoms with van der Waals surface area (Å²) in [6.07, 6.45) is 0. The van der Waals surface area contributed by atoms with E-state index >= 15 is 0 Å². The predicted octanol–water partition coefficient (Wildman–Crippen LogP) is 5.01. The summed E-state index contributed by atoms with van der Waals surface area (Å²) in [5.74, 6) is 1.21. The molecule has 6 heteroatoms. The van der Waals surface area contributed by atoms with Gasteiger partial charge in [-0.3, -0.25) is 0 Å². The molecule has 102 valence electrons.